The van der Waals surface area contributed by atoms with Crippen LogP contribution in [0.2, 0.25) is 0 Å². The summed E-state index contributed by atoms with van der Waals surface area (Å²) in [5, 5.41) is 11.8. The summed E-state index contributed by atoms with van der Waals surface area (Å²) in [6, 6.07) is 13.5. The molecule has 3 nitrogen and oxygen atoms in total. The van der Waals surface area contributed by atoms with Crippen LogP contribution in [0.1, 0.15) is 27.8 Å². The standard InChI is InChI=1S/C18H18N2O/c1-12-4-5-13(2)16(8-12)10-18(21)20-17-9-15(11-19)7-6-14(17)3/h4-9H,10H2,1-3H3,(H,20,21). The first-order valence-electron chi connectivity index (χ1n) is 6.86. The molecular formula is C18H18N2O. The van der Waals surface area contributed by atoms with E-state index in [-0.39, 0.29) is 5.91 Å². The lowest BCUT2D eigenvalue weighted by atomic mass is 10.0. The van der Waals surface area contributed by atoms with Crippen molar-refractivity contribution in [2.24, 2.45) is 0 Å². The Hall–Kier alpha value is -2.60. The summed E-state index contributed by atoms with van der Waals surface area (Å²) in [6.07, 6.45) is 0.337. The minimum Gasteiger partial charge on any atom is -0.326 e. The molecule has 106 valence electrons. The number of hydrogen-bond donors (Lipinski definition) is 1. The van der Waals surface area contributed by atoms with Crippen LogP contribution in [0.15, 0.2) is 36.4 Å². The van der Waals surface area contributed by atoms with E-state index in [0.717, 1.165) is 22.3 Å². The highest BCUT2D eigenvalue weighted by Gasteiger charge is 2.09. The predicted molar refractivity (Wildman–Crippen MR) is 84.1 cm³/mol. The third kappa shape index (κ3) is 3.70. The zero-order valence-electron chi connectivity index (χ0n) is 12.5. The Kier molecular flexibility index (Phi) is 4.39. The van der Waals surface area contributed by atoms with E-state index < -0.39 is 0 Å². The number of carbonyl (C=O) groups is 1. The van der Waals surface area contributed by atoms with Crippen LogP contribution in [-0.4, -0.2) is 5.91 Å². The summed E-state index contributed by atoms with van der Waals surface area (Å²) < 4.78 is 0. The van der Waals surface area contributed by atoms with Gasteiger partial charge in [-0.2, -0.15) is 5.26 Å². The molecule has 0 aliphatic rings. The summed E-state index contributed by atoms with van der Waals surface area (Å²) in [5.74, 6) is -0.0677. The van der Waals surface area contributed by atoms with Crippen LogP contribution in [0, 0.1) is 32.1 Å². The lowest BCUT2D eigenvalue weighted by Gasteiger charge is -2.10. The second kappa shape index (κ2) is 6.23. The van der Waals surface area contributed by atoms with Crippen molar-refractivity contribution >= 4 is 11.6 Å². The van der Waals surface area contributed by atoms with Crippen LogP contribution in [0.25, 0.3) is 0 Å². The summed E-state index contributed by atoms with van der Waals surface area (Å²) >= 11 is 0. The third-order valence-corrected chi connectivity index (χ3v) is 3.50. The first kappa shape index (κ1) is 14.8. The molecule has 21 heavy (non-hydrogen) atoms. The number of rotatable bonds is 3. The van der Waals surface area contributed by atoms with Gasteiger partial charge in [-0.05, 0) is 49.6 Å². The Morgan fingerprint density at radius 3 is 2.52 bits per heavy atom. The molecule has 0 unspecified atom stereocenters. The summed E-state index contributed by atoms with van der Waals surface area (Å²) in [4.78, 5) is 12.2. The maximum absolute atomic E-state index is 12.2. The van der Waals surface area contributed by atoms with Crippen LogP contribution < -0.4 is 5.32 Å². The average Bonchev–Trinajstić information content (AvgIpc) is 2.45. The molecule has 0 aliphatic heterocycles. The zero-order chi connectivity index (χ0) is 15.4. The maximum atomic E-state index is 12.2. The molecule has 2 aromatic carbocycles. The van der Waals surface area contributed by atoms with Gasteiger partial charge in [0.2, 0.25) is 5.91 Å². The summed E-state index contributed by atoms with van der Waals surface area (Å²) in [5.41, 5.74) is 5.47. The van der Waals surface area contributed by atoms with E-state index in [4.69, 9.17) is 5.26 Å². The van der Waals surface area contributed by atoms with E-state index >= 15 is 0 Å². The largest absolute Gasteiger partial charge is 0.326 e. The van der Waals surface area contributed by atoms with E-state index in [9.17, 15) is 4.79 Å². The Morgan fingerprint density at radius 2 is 1.81 bits per heavy atom. The molecule has 2 aromatic rings. The van der Waals surface area contributed by atoms with Gasteiger partial charge in [0.25, 0.3) is 0 Å². The molecule has 1 N–H and O–H groups in total. The number of anilines is 1. The van der Waals surface area contributed by atoms with Crippen molar-refractivity contribution in [2.45, 2.75) is 27.2 Å². The summed E-state index contributed by atoms with van der Waals surface area (Å²) in [7, 11) is 0. The Balaban J connectivity index is 2.15. The van der Waals surface area contributed by atoms with Crippen LogP contribution in [0.4, 0.5) is 5.69 Å². The fourth-order valence-corrected chi connectivity index (χ4v) is 2.18. The van der Waals surface area contributed by atoms with Crippen LogP contribution in [-0.2, 0) is 11.2 Å². The molecule has 0 saturated heterocycles. The lowest BCUT2D eigenvalue weighted by molar-refractivity contribution is -0.115. The molecule has 3 heteroatoms. The number of amides is 1. The molecule has 2 rings (SSSR count). The summed E-state index contributed by atoms with van der Waals surface area (Å²) in [6.45, 7) is 5.93. The number of hydrogen-bond acceptors (Lipinski definition) is 2. The van der Waals surface area contributed by atoms with Gasteiger partial charge < -0.3 is 5.32 Å². The predicted octanol–water partition coefficient (Wildman–Crippen LogP) is 3.66. The molecule has 0 heterocycles. The molecule has 0 aromatic heterocycles. The molecule has 0 spiro atoms. The van der Waals surface area contributed by atoms with Gasteiger partial charge in [-0.15, -0.1) is 0 Å². The highest BCUT2D eigenvalue weighted by molar-refractivity contribution is 5.93. The second-order valence-corrected chi connectivity index (χ2v) is 5.30. The van der Waals surface area contributed by atoms with E-state index in [1.807, 2.05) is 45.0 Å². The average molecular weight is 278 g/mol. The van der Waals surface area contributed by atoms with Gasteiger partial charge in [0, 0.05) is 5.69 Å². The van der Waals surface area contributed by atoms with Crippen molar-refractivity contribution in [1.29, 1.82) is 5.26 Å². The van der Waals surface area contributed by atoms with Gasteiger partial charge in [-0.3, -0.25) is 4.79 Å². The molecule has 0 radical (unpaired) electrons. The van der Waals surface area contributed by atoms with E-state index in [1.165, 1.54) is 0 Å². The normalized spacial score (nSPS) is 10.0. The van der Waals surface area contributed by atoms with Gasteiger partial charge in [0.15, 0.2) is 0 Å². The quantitative estimate of drug-likeness (QED) is 0.931. The van der Waals surface area contributed by atoms with E-state index in [1.54, 1.807) is 12.1 Å². The first-order valence-corrected chi connectivity index (χ1v) is 6.86. The number of nitrogens with zero attached hydrogens (tertiary/aromatic N) is 1. The van der Waals surface area contributed by atoms with E-state index in [0.29, 0.717) is 17.7 Å². The van der Waals surface area contributed by atoms with Crippen molar-refractivity contribution in [3.63, 3.8) is 0 Å². The van der Waals surface area contributed by atoms with Crippen molar-refractivity contribution in [2.75, 3.05) is 5.32 Å². The zero-order valence-corrected chi connectivity index (χ0v) is 12.5. The molecule has 0 bridgehead atoms. The smallest absolute Gasteiger partial charge is 0.228 e. The monoisotopic (exact) mass is 278 g/mol. The van der Waals surface area contributed by atoms with Gasteiger partial charge in [0.05, 0.1) is 18.1 Å². The number of nitrogens with one attached hydrogen (secondary N) is 1. The fraction of sp³-hybridized carbons (Fsp3) is 0.222. The highest BCUT2D eigenvalue weighted by atomic mass is 16.1. The number of aryl methyl sites for hydroxylation is 3. The molecule has 1 amide bonds. The van der Waals surface area contributed by atoms with Crippen LogP contribution in [0.5, 0.6) is 0 Å². The third-order valence-electron chi connectivity index (χ3n) is 3.50. The number of nitriles is 1. The Labute approximate surface area is 125 Å². The van der Waals surface area contributed by atoms with E-state index in [2.05, 4.69) is 11.4 Å². The first-order chi connectivity index (χ1) is 9.99. The minimum absolute atomic E-state index is 0.0677. The molecular weight excluding hydrogens is 260 g/mol. The van der Waals surface area contributed by atoms with Crippen molar-refractivity contribution in [3.05, 3.63) is 64.2 Å². The second-order valence-electron chi connectivity index (χ2n) is 5.30. The number of carbonyl (C=O) groups excluding carboxylic acids is 1. The highest BCUT2D eigenvalue weighted by Crippen LogP contribution is 2.18. The van der Waals surface area contributed by atoms with Gasteiger partial charge in [-0.1, -0.05) is 29.8 Å². The van der Waals surface area contributed by atoms with Crippen molar-refractivity contribution < 1.29 is 4.79 Å². The maximum Gasteiger partial charge on any atom is 0.228 e. The number of benzene rings is 2. The van der Waals surface area contributed by atoms with Gasteiger partial charge in [0.1, 0.15) is 0 Å². The van der Waals surface area contributed by atoms with Crippen molar-refractivity contribution in [1.82, 2.24) is 0 Å². The van der Waals surface area contributed by atoms with Crippen LogP contribution >= 0.6 is 0 Å². The molecule has 0 fully saturated rings. The SMILES string of the molecule is Cc1ccc(C)c(CC(=O)Nc2cc(C#N)ccc2C)c1. The molecule has 0 aliphatic carbocycles. The topological polar surface area (TPSA) is 52.9 Å². The fourth-order valence-electron chi connectivity index (χ4n) is 2.18. The Morgan fingerprint density at radius 1 is 1.10 bits per heavy atom. The van der Waals surface area contributed by atoms with Gasteiger partial charge >= 0.3 is 0 Å². The molecule has 0 atom stereocenters. The molecule has 0 saturated carbocycles. The van der Waals surface area contributed by atoms with Crippen molar-refractivity contribution in [3.8, 4) is 6.07 Å². The minimum atomic E-state index is -0.0677. The lowest BCUT2D eigenvalue weighted by Crippen LogP contribution is -2.16. The van der Waals surface area contributed by atoms with Crippen LogP contribution in [0.3, 0.4) is 0 Å². The van der Waals surface area contributed by atoms with Gasteiger partial charge in [-0.25, -0.2) is 0 Å². The Bertz CT molecular complexity index is 726.